The van der Waals surface area contributed by atoms with Gasteiger partial charge in [0.1, 0.15) is 24.2 Å². The highest BCUT2D eigenvalue weighted by Crippen LogP contribution is 1.97. The van der Waals surface area contributed by atoms with E-state index in [1.54, 1.807) is 6.20 Å². The van der Waals surface area contributed by atoms with Gasteiger partial charge in [-0.15, -0.1) is 0 Å². The number of aromatic amines is 1. The zero-order valence-corrected chi connectivity index (χ0v) is 23.7. The first kappa shape index (κ1) is 42.6. The number of hydrogen-bond donors (Lipinski definition) is 14. The summed E-state index contributed by atoms with van der Waals surface area (Å²) in [5.74, 6) is -4.01. The number of hydrogen-bond acceptors (Lipinski definition) is 12. The van der Waals surface area contributed by atoms with Crippen LogP contribution in [-0.2, 0) is 25.6 Å². The number of H-pyrrole nitrogens is 1. The third-order valence-electron chi connectivity index (χ3n) is 4.95. The molecule has 0 amide bonds. The molecule has 0 aromatic carbocycles. The van der Waals surface area contributed by atoms with Crippen LogP contribution in [0.1, 0.15) is 50.6 Å². The van der Waals surface area contributed by atoms with E-state index in [2.05, 4.69) is 15.3 Å². The lowest BCUT2D eigenvalue weighted by atomic mass is 10.1. The molecule has 0 aliphatic heterocycles. The number of aliphatic carboxylic acids is 4. The van der Waals surface area contributed by atoms with Crippen LogP contribution in [0.25, 0.3) is 0 Å². The van der Waals surface area contributed by atoms with Gasteiger partial charge in [-0.3, -0.25) is 24.6 Å². The average Bonchev–Trinajstić information content (AvgIpc) is 3.43. The molecule has 19 nitrogen and oxygen atoms in total. The van der Waals surface area contributed by atoms with Gasteiger partial charge >= 0.3 is 23.9 Å². The van der Waals surface area contributed by atoms with Crippen LogP contribution in [0.15, 0.2) is 12.5 Å². The molecule has 0 spiro atoms. The summed E-state index contributed by atoms with van der Waals surface area (Å²) < 4.78 is 0. The van der Waals surface area contributed by atoms with Gasteiger partial charge in [0.15, 0.2) is 5.96 Å². The van der Waals surface area contributed by atoms with Gasteiger partial charge in [-0.05, 0) is 51.6 Å². The molecule has 0 saturated carbocycles. The third kappa shape index (κ3) is 29.1. The molecule has 0 unspecified atom stereocenters. The minimum absolute atomic E-state index is 0.112. The Bertz CT molecular complexity index is 875. The molecule has 21 N–H and O–H groups in total. The standard InChI is InChI=1S/C6H14N4O2.C6H9N3O2.C6H14N2O2.C5H12N2O2/c7-4(5(11)12)2-1-3-10-6(8)9;7-5(6(10)11)1-4-2-8-3-9-4;7-4-2-1-3-5(8)6(9)10;6-3-1-2-4(7)5(8)9/h4H,1-3,7H2,(H,11,12)(H4,8,9,10);2-3,5H,1,7H2,(H,8,9)(H,10,11);5H,1-4,7-8H2,(H,9,10);4H,1-3,6-7H2,(H,8,9)/t4-;2*5-;4-/m0000/s1. The predicted octanol–water partition coefficient (Wildman–Crippen LogP) is -3.31. The summed E-state index contributed by atoms with van der Waals surface area (Å²) in [6.45, 7) is 1.59. The van der Waals surface area contributed by atoms with Gasteiger partial charge in [-0.1, -0.05) is 6.42 Å². The van der Waals surface area contributed by atoms with Crippen molar-refractivity contribution in [1.82, 2.24) is 15.3 Å². The van der Waals surface area contributed by atoms with E-state index in [1.807, 2.05) is 0 Å². The van der Waals surface area contributed by atoms with Crippen LogP contribution in [0.3, 0.4) is 0 Å². The number of nitrogens with two attached hydrogens (primary N) is 7. The van der Waals surface area contributed by atoms with Gasteiger partial charge in [0.05, 0.1) is 12.0 Å². The smallest absolute Gasteiger partial charge is 0.320 e. The van der Waals surface area contributed by atoms with Crippen molar-refractivity contribution in [2.75, 3.05) is 19.6 Å². The Hall–Kier alpha value is -3.88. The van der Waals surface area contributed by atoms with Crippen LogP contribution < -0.4 is 45.5 Å². The normalized spacial score (nSPS) is 12.7. The number of nitrogens with one attached hydrogen (secondary N) is 3. The van der Waals surface area contributed by atoms with Gasteiger partial charge in [0, 0.05) is 19.2 Å². The zero-order chi connectivity index (χ0) is 33.1. The summed E-state index contributed by atoms with van der Waals surface area (Å²) in [6.07, 6.45) is 7.66. The minimum Gasteiger partial charge on any atom is -0.480 e. The van der Waals surface area contributed by atoms with Gasteiger partial charge in [0.25, 0.3) is 0 Å². The van der Waals surface area contributed by atoms with E-state index in [0.717, 1.165) is 12.8 Å². The van der Waals surface area contributed by atoms with E-state index in [9.17, 15) is 19.2 Å². The molecule has 42 heavy (non-hydrogen) atoms. The average molecular weight is 608 g/mol. The molecule has 0 aliphatic rings. The van der Waals surface area contributed by atoms with Crippen molar-refractivity contribution in [2.24, 2.45) is 40.1 Å². The number of imidazole rings is 1. The van der Waals surface area contributed by atoms with E-state index in [-0.39, 0.29) is 12.4 Å². The summed E-state index contributed by atoms with van der Waals surface area (Å²) >= 11 is 0. The first-order valence-corrected chi connectivity index (χ1v) is 13.0. The Morgan fingerprint density at radius 1 is 0.762 bits per heavy atom. The Labute approximate surface area is 244 Å². The number of carbonyl (C=O) groups is 4. The second-order valence-corrected chi connectivity index (χ2v) is 8.74. The molecule has 1 aromatic rings. The number of carboxylic acids is 4. The fourth-order valence-electron chi connectivity index (χ4n) is 2.48. The monoisotopic (exact) mass is 607 g/mol. The first-order chi connectivity index (χ1) is 19.6. The second-order valence-electron chi connectivity index (χ2n) is 8.74. The van der Waals surface area contributed by atoms with Crippen LogP contribution in [0.4, 0.5) is 0 Å². The van der Waals surface area contributed by atoms with Crippen molar-refractivity contribution in [3.8, 4) is 0 Å². The first-order valence-electron chi connectivity index (χ1n) is 13.0. The number of rotatable bonds is 17. The summed E-state index contributed by atoms with van der Waals surface area (Å²) in [4.78, 5) is 47.2. The van der Waals surface area contributed by atoms with E-state index in [0.29, 0.717) is 57.4 Å². The minimum atomic E-state index is -1.01. The Morgan fingerprint density at radius 2 is 1.19 bits per heavy atom. The molecule has 0 radical (unpaired) electrons. The maximum atomic E-state index is 10.3. The van der Waals surface area contributed by atoms with Crippen molar-refractivity contribution in [3.05, 3.63) is 18.2 Å². The van der Waals surface area contributed by atoms with Crippen molar-refractivity contribution in [2.45, 2.75) is 75.5 Å². The van der Waals surface area contributed by atoms with E-state index >= 15 is 0 Å². The Morgan fingerprint density at radius 3 is 1.55 bits per heavy atom. The van der Waals surface area contributed by atoms with Crippen LogP contribution in [-0.4, -0.2) is 104 Å². The number of aromatic nitrogens is 2. The molecule has 0 fully saturated rings. The molecule has 0 aliphatic carbocycles. The number of unbranched alkanes of at least 4 members (excludes halogenated alkanes) is 1. The van der Waals surface area contributed by atoms with Gasteiger partial charge in [-0.25, -0.2) is 4.98 Å². The van der Waals surface area contributed by atoms with Gasteiger partial charge in [0.2, 0.25) is 0 Å². The highest BCUT2D eigenvalue weighted by molar-refractivity contribution is 5.75. The number of carboxylic acid groups (broad SMARTS) is 4. The summed E-state index contributed by atoms with van der Waals surface area (Å²) in [5.41, 5.74) is 36.8. The van der Waals surface area contributed by atoms with Gasteiger partial charge < -0.3 is 70.9 Å². The molecule has 4 atom stereocenters. The summed E-state index contributed by atoms with van der Waals surface area (Å²) in [6, 6.07) is -3.14. The van der Waals surface area contributed by atoms with Gasteiger partial charge in [-0.2, -0.15) is 0 Å². The Balaban J connectivity index is -0.000000486. The summed E-state index contributed by atoms with van der Waals surface area (Å²) in [5, 5.41) is 42.7. The van der Waals surface area contributed by atoms with E-state index in [1.165, 1.54) is 6.33 Å². The van der Waals surface area contributed by atoms with E-state index < -0.39 is 48.0 Å². The maximum absolute atomic E-state index is 10.3. The number of guanidine groups is 1. The summed E-state index contributed by atoms with van der Waals surface area (Å²) in [7, 11) is 0. The molecule has 0 bridgehead atoms. The van der Waals surface area contributed by atoms with Crippen molar-refractivity contribution < 1.29 is 39.6 Å². The molecule has 1 aromatic heterocycles. The van der Waals surface area contributed by atoms with Crippen molar-refractivity contribution >= 4 is 29.8 Å². The fraction of sp³-hybridized carbons (Fsp3) is 0.652. The largest absolute Gasteiger partial charge is 0.480 e. The molecule has 19 heteroatoms. The maximum Gasteiger partial charge on any atom is 0.320 e. The fourth-order valence-corrected chi connectivity index (χ4v) is 2.48. The van der Waals surface area contributed by atoms with E-state index in [4.69, 9.17) is 66.0 Å². The molecule has 244 valence electrons. The predicted molar refractivity (Wildman–Crippen MR) is 155 cm³/mol. The zero-order valence-electron chi connectivity index (χ0n) is 23.7. The molecule has 1 rings (SSSR count). The lowest BCUT2D eigenvalue weighted by molar-refractivity contribution is -0.139. The number of nitrogens with zero attached hydrogens (tertiary/aromatic N) is 1. The van der Waals surface area contributed by atoms with Crippen molar-refractivity contribution in [1.29, 1.82) is 5.41 Å². The van der Waals surface area contributed by atoms with Crippen LogP contribution in [0.5, 0.6) is 0 Å². The highest BCUT2D eigenvalue weighted by atomic mass is 16.4. The quantitative estimate of drug-likeness (QED) is 0.0468. The van der Waals surface area contributed by atoms with Crippen LogP contribution in [0, 0.1) is 5.41 Å². The third-order valence-corrected chi connectivity index (χ3v) is 4.95. The lowest BCUT2D eigenvalue weighted by Crippen LogP contribution is -2.34. The molecule has 0 saturated heterocycles. The van der Waals surface area contributed by atoms with Crippen LogP contribution >= 0.6 is 0 Å². The topological polar surface area (TPSA) is 396 Å². The highest BCUT2D eigenvalue weighted by Gasteiger charge is 2.13. The second kappa shape index (κ2) is 27.3. The lowest BCUT2D eigenvalue weighted by Gasteiger charge is -2.06. The molecule has 1 heterocycles. The molecular weight excluding hydrogens is 558 g/mol. The van der Waals surface area contributed by atoms with Crippen LogP contribution in [0.2, 0.25) is 0 Å². The van der Waals surface area contributed by atoms with Crippen molar-refractivity contribution in [3.63, 3.8) is 0 Å². The Kier molecular flexibility index (Phi) is 27.7. The SMILES string of the molecule is N=C(N)NCCC[C@H](N)C(=O)O.NCCCC[C@H](N)C(=O)O.NCCC[C@H](N)C(=O)O.N[C@@H](Cc1c[nH]cn1)C(=O)O. The molecular formula is C23H49N11O8.